The Hall–Kier alpha value is 0.210. The van der Waals surface area contributed by atoms with E-state index in [1.165, 1.54) is 0 Å². The van der Waals surface area contributed by atoms with Crippen LogP contribution in [0.4, 0.5) is 0 Å². The zero-order chi connectivity index (χ0) is 10.2. The minimum Gasteiger partial charge on any atom is -0.381 e. The molecule has 2 aliphatic rings. The molecule has 2 nitrogen and oxygen atoms in total. The highest BCUT2D eigenvalue weighted by molar-refractivity contribution is 6.21. The zero-order valence-corrected chi connectivity index (χ0v) is 9.72. The number of hydrogen-bond donors (Lipinski definition) is 0. The lowest BCUT2D eigenvalue weighted by Crippen LogP contribution is -2.53. The predicted octanol–water partition coefficient (Wildman–Crippen LogP) is 2.59. The van der Waals surface area contributed by atoms with Crippen molar-refractivity contribution in [3.05, 3.63) is 0 Å². The van der Waals surface area contributed by atoms with Gasteiger partial charge in [-0.05, 0) is 19.3 Å². The Morgan fingerprint density at radius 3 is 2.43 bits per heavy atom. The second kappa shape index (κ2) is 3.99. The van der Waals surface area contributed by atoms with Crippen molar-refractivity contribution in [3.63, 3.8) is 0 Å². The molecular formula is C11H19ClO2. The van der Waals surface area contributed by atoms with Crippen LogP contribution >= 0.6 is 11.6 Å². The number of ether oxygens (including phenoxy) is 2. The summed E-state index contributed by atoms with van der Waals surface area (Å²) in [5, 5.41) is 0.285. The lowest BCUT2D eigenvalue weighted by Gasteiger charge is -2.50. The van der Waals surface area contributed by atoms with E-state index in [0.29, 0.717) is 12.2 Å². The summed E-state index contributed by atoms with van der Waals surface area (Å²) >= 11 is 6.15. The number of alkyl halides is 1. The van der Waals surface area contributed by atoms with Gasteiger partial charge in [-0.25, -0.2) is 0 Å². The molecule has 1 saturated heterocycles. The summed E-state index contributed by atoms with van der Waals surface area (Å²) < 4.78 is 11.3. The van der Waals surface area contributed by atoms with Gasteiger partial charge >= 0.3 is 0 Å². The van der Waals surface area contributed by atoms with Crippen molar-refractivity contribution in [3.8, 4) is 0 Å². The van der Waals surface area contributed by atoms with Gasteiger partial charge in [-0.2, -0.15) is 0 Å². The highest BCUT2D eigenvalue weighted by atomic mass is 35.5. The summed E-state index contributed by atoms with van der Waals surface area (Å²) in [4.78, 5) is 0. The van der Waals surface area contributed by atoms with Crippen molar-refractivity contribution < 1.29 is 9.47 Å². The monoisotopic (exact) mass is 218 g/mol. The lowest BCUT2D eigenvalue weighted by molar-refractivity contribution is -0.146. The van der Waals surface area contributed by atoms with Gasteiger partial charge in [-0.1, -0.05) is 13.8 Å². The molecule has 1 heterocycles. The van der Waals surface area contributed by atoms with E-state index in [0.717, 1.165) is 32.5 Å². The summed E-state index contributed by atoms with van der Waals surface area (Å²) in [6, 6.07) is 0. The first kappa shape index (κ1) is 10.7. The Labute approximate surface area is 90.9 Å². The van der Waals surface area contributed by atoms with Gasteiger partial charge in [0, 0.05) is 24.0 Å². The fraction of sp³-hybridized carbons (Fsp3) is 1.00. The largest absolute Gasteiger partial charge is 0.381 e. The molecular weight excluding hydrogens is 200 g/mol. The Morgan fingerprint density at radius 1 is 1.29 bits per heavy atom. The standard InChI is InChI=1S/C11H19ClO2/c1-11(2)9(12)7-10(11)14-8-3-5-13-6-4-8/h8-10H,3-7H2,1-2H3. The van der Waals surface area contributed by atoms with Crippen LogP contribution in [-0.4, -0.2) is 30.8 Å². The van der Waals surface area contributed by atoms with E-state index in [1.807, 2.05) is 0 Å². The van der Waals surface area contributed by atoms with Crippen LogP contribution in [0.5, 0.6) is 0 Å². The van der Waals surface area contributed by atoms with E-state index in [1.54, 1.807) is 0 Å². The first-order valence-corrected chi connectivity index (χ1v) is 5.91. The Bertz CT molecular complexity index is 199. The summed E-state index contributed by atoms with van der Waals surface area (Å²) in [7, 11) is 0. The summed E-state index contributed by atoms with van der Waals surface area (Å²) in [5.74, 6) is 0. The molecule has 0 amide bonds. The van der Waals surface area contributed by atoms with Crippen LogP contribution in [0.1, 0.15) is 33.1 Å². The number of hydrogen-bond acceptors (Lipinski definition) is 2. The number of halogens is 1. The molecule has 2 atom stereocenters. The minimum atomic E-state index is 0.153. The van der Waals surface area contributed by atoms with Crippen molar-refractivity contribution >= 4 is 11.6 Å². The smallest absolute Gasteiger partial charge is 0.0658 e. The molecule has 1 saturated carbocycles. The molecule has 0 bridgehead atoms. The fourth-order valence-electron chi connectivity index (χ4n) is 2.11. The van der Waals surface area contributed by atoms with Crippen molar-refractivity contribution in [2.24, 2.45) is 5.41 Å². The zero-order valence-electron chi connectivity index (χ0n) is 8.96. The van der Waals surface area contributed by atoms with Crippen LogP contribution in [0.25, 0.3) is 0 Å². The van der Waals surface area contributed by atoms with Crippen LogP contribution in [0.3, 0.4) is 0 Å². The first-order valence-electron chi connectivity index (χ1n) is 5.48. The first-order chi connectivity index (χ1) is 6.60. The van der Waals surface area contributed by atoms with E-state index in [4.69, 9.17) is 21.1 Å². The molecule has 14 heavy (non-hydrogen) atoms. The average Bonchev–Trinajstić information content (AvgIpc) is 2.19. The molecule has 0 aromatic rings. The molecule has 2 rings (SSSR count). The molecule has 0 aromatic heterocycles. The molecule has 0 radical (unpaired) electrons. The van der Waals surface area contributed by atoms with Crippen LogP contribution in [0.15, 0.2) is 0 Å². The quantitative estimate of drug-likeness (QED) is 0.664. The average molecular weight is 219 g/mol. The van der Waals surface area contributed by atoms with Crippen LogP contribution < -0.4 is 0 Å². The minimum absolute atomic E-state index is 0.153. The van der Waals surface area contributed by atoms with Crippen molar-refractivity contribution in [1.82, 2.24) is 0 Å². The van der Waals surface area contributed by atoms with Gasteiger partial charge in [-0.3, -0.25) is 0 Å². The highest BCUT2D eigenvalue weighted by Gasteiger charge is 2.48. The van der Waals surface area contributed by atoms with Crippen molar-refractivity contribution in [2.45, 2.75) is 50.7 Å². The van der Waals surface area contributed by atoms with Crippen LogP contribution in [0, 0.1) is 5.41 Å². The topological polar surface area (TPSA) is 18.5 Å². The van der Waals surface area contributed by atoms with E-state index in [2.05, 4.69) is 13.8 Å². The normalized spacial score (nSPS) is 37.9. The molecule has 3 heteroatoms. The number of rotatable bonds is 2. The van der Waals surface area contributed by atoms with Gasteiger partial charge in [0.25, 0.3) is 0 Å². The maximum Gasteiger partial charge on any atom is 0.0658 e. The van der Waals surface area contributed by atoms with E-state index in [-0.39, 0.29) is 10.8 Å². The molecule has 1 aliphatic heterocycles. The maximum absolute atomic E-state index is 6.15. The highest BCUT2D eigenvalue weighted by Crippen LogP contribution is 2.47. The third-order valence-electron chi connectivity index (χ3n) is 3.58. The molecule has 2 unspecified atom stereocenters. The SMILES string of the molecule is CC1(C)C(Cl)CC1OC1CCOCC1. The molecule has 0 N–H and O–H groups in total. The lowest BCUT2D eigenvalue weighted by atomic mass is 9.68. The van der Waals surface area contributed by atoms with Gasteiger partial charge in [-0.15, -0.1) is 11.6 Å². The van der Waals surface area contributed by atoms with Crippen LogP contribution in [-0.2, 0) is 9.47 Å². The third kappa shape index (κ3) is 1.93. The molecule has 0 spiro atoms. The van der Waals surface area contributed by atoms with Crippen molar-refractivity contribution in [2.75, 3.05) is 13.2 Å². The molecule has 1 aliphatic carbocycles. The van der Waals surface area contributed by atoms with Gasteiger partial charge in [0.1, 0.15) is 0 Å². The van der Waals surface area contributed by atoms with Crippen molar-refractivity contribution in [1.29, 1.82) is 0 Å². The second-order valence-corrected chi connectivity index (χ2v) is 5.49. The maximum atomic E-state index is 6.15. The third-order valence-corrected chi connectivity index (χ3v) is 4.32. The Morgan fingerprint density at radius 2 is 1.93 bits per heavy atom. The fourth-order valence-corrected chi connectivity index (χ4v) is 2.41. The van der Waals surface area contributed by atoms with Gasteiger partial charge in [0.05, 0.1) is 12.2 Å². The second-order valence-electron chi connectivity index (χ2n) is 4.96. The Balaban J connectivity index is 1.80. The molecule has 2 fully saturated rings. The summed E-state index contributed by atoms with van der Waals surface area (Å²) in [6.07, 6.45) is 3.84. The van der Waals surface area contributed by atoms with Gasteiger partial charge < -0.3 is 9.47 Å². The van der Waals surface area contributed by atoms with Gasteiger partial charge in [0.2, 0.25) is 0 Å². The molecule has 82 valence electrons. The predicted molar refractivity (Wildman–Crippen MR) is 56.8 cm³/mol. The van der Waals surface area contributed by atoms with Crippen LogP contribution in [0.2, 0.25) is 0 Å². The summed E-state index contributed by atoms with van der Waals surface area (Å²) in [5.41, 5.74) is 0.153. The Kier molecular flexibility index (Phi) is 3.06. The van der Waals surface area contributed by atoms with E-state index < -0.39 is 0 Å². The van der Waals surface area contributed by atoms with E-state index in [9.17, 15) is 0 Å². The van der Waals surface area contributed by atoms with Gasteiger partial charge in [0.15, 0.2) is 0 Å². The summed E-state index contributed by atoms with van der Waals surface area (Å²) in [6.45, 7) is 6.08. The molecule has 0 aromatic carbocycles. The van der Waals surface area contributed by atoms with E-state index >= 15 is 0 Å².